The van der Waals surface area contributed by atoms with Crippen molar-refractivity contribution >= 4 is 11.4 Å². The first-order chi connectivity index (χ1) is 7.76. The number of rotatable bonds is 3. The molecule has 0 bridgehead atoms. The molecule has 0 aliphatic carbocycles. The van der Waals surface area contributed by atoms with Crippen molar-refractivity contribution in [2.24, 2.45) is 0 Å². The number of nitrogens with zero attached hydrogens (tertiary/aromatic N) is 1. The molecule has 1 fully saturated rings. The van der Waals surface area contributed by atoms with Crippen molar-refractivity contribution in [1.82, 2.24) is 0 Å². The molecule has 0 aromatic heterocycles. The Bertz CT molecular complexity index is 368. The van der Waals surface area contributed by atoms with Gasteiger partial charge < -0.3 is 20.5 Å². The molecule has 2 rings (SSSR count). The Kier molecular flexibility index (Phi) is 3.19. The number of nitrogens with two attached hydrogens (primary N) is 1. The molecule has 0 saturated carbocycles. The van der Waals surface area contributed by atoms with E-state index >= 15 is 0 Å². The summed E-state index contributed by atoms with van der Waals surface area (Å²) in [6.07, 6.45) is 2.17. The quantitative estimate of drug-likeness (QED) is 0.755. The second-order valence-electron chi connectivity index (χ2n) is 4.10. The van der Waals surface area contributed by atoms with Crippen LogP contribution in [0.15, 0.2) is 18.2 Å². The van der Waals surface area contributed by atoms with Crippen molar-refractivity contribution in [2.45, 2.75) is 18.9 Å². The molecule has 3 N–H and O–H groups in total. The number of benzene rings is 1. The number of ether oxygens (including phenoxy) is 1. The highest BCUT2D eigenvalue weighted by Crippen LogP contribution is 2.31. The first-order valence-corrected chi connectivity index (χ1v) is 5.57. The first kappa shape index (κ1) is 11.1. The van der Waals surface area contributed by atoms with Gasteiger partial charge in [-0.1, -0.05) is 0 Å². The molecule has 0 spiro atoms. The molecule has 4 heteroatoms. The van der Waals surface area contributed by atoms with Crippen LogP contribution in [0, 0.1) is 0 Å². The summed E-state index contributed by atoms with van der Waals surface area (Å²) in [6.45, 7) is 1.19. The Morgan fingerprint density at radius 3 is 3.06 bits per heavy atom. The molecule has 1 atom stereocenters. The van der Waals surface area contributed by atoms with Gasteiger partial charge in [0.05, 0.1) is 25.4 Å². The predicted octanol–water partition coefficient (Wildman–Crippen LogP) is 1.24. The third-order valence-corrected chi connectivity index (χ3v) is 3.14. The van der Waals surface area contributed by atoms with Gasteiger partial charge in [0, 0.05) is 18.3 Å². The van der Waals surface area contributed by atoms with Gasteiger partial charge in [-0.05, 0) is 25.0 Å². The molecule has 1 aromatic rings. The highest BCUT2D eigenvalue weighted by atomic mass is 16.5. The van der Waals surface area contributed by atoms with E-state index in [4.69, 9.17) is 10.5 Å². The minimum Gasteiger partial charge on any atom is -0.495 e. The summed E-state index contributed by atoms with van der Waals surface area (Å²) in [5, 5.41) is 9.28. The van der Waals surface area contributed by atoms with Crippen LogP contribution in [0.1, 0.15) is 12.8 Å². The molecule has 1 aliphatic rings. The number of nitrogen functional groups attached to an aromatic ring is 1. The highest BCUT2D eigenvalue weighted by Gasteiger charge is 2.24. The van der Waals surface area contributed by atoms with E-state index in [2.05, 4.69) is 4.90 Å². The van der Waals surface area contributed by atoms with Crippen LogP contribution in [0.2, 0.25) is 0 Å². The Morgan fingerprint density at radius 2 is 2.38 bits per heavy atom. The predicted molar refractivity (Wildman–Crippen MR) is 64.9 cm³/mol. The minimum atomic E-state index is 0.201. The number of aliphatic hydroxyl groups is 1. The van der Waals surface area contributed by atoms with Crippen molar-refractivity contribution in [1.29, 1.82) is 0 Å². The van der Waals surface area contributed by atoms with Crippen LogP contribution in [0.4, 0.5) is 11.4 Å². The average Bonchev–Trinajstić information content (AvgIpc) is 2.78. The van der Waals surface area contributed by atoms with Gasteiger partial charge in [0.2, 0.25) is 0 Å². The highest BCUT2D eigenvalue weighted by molar-refractivity contribution is 5.63. The molecule has 4 nitrogen and oxygen atoms in total. The Hall–Kier alpha value is -1.42. The van der Waals surface area contributed by atoms with Gasteiger partial charge in [0.1, 0.15) is 5.75 Å². The van der Waals surface area contributed by atoms with Gasteiger partial charge in [0.25, 0.3) is 0 Å². The molecule has 1 aromatic carbocycles. The third kappa shape index (κ3) is 1.93. The van der Waals surface area contributed by atoms with Crippen molar-refractivity contribution < 1.29 is 9.84 Å². The maximum absolute atomic E-state index is 9.28. The van der Waals surface area contributed by atoms with Crippen LogP contribution < -0.4 is 15.4 Å². The Balaban J connectivity index is 2.26. The van der Waals surface area contributed by atoms with Crippen molar-refractivity contribution in [3.05, 3.63) is 18.2 Å². The summed E-state index contributed by atoms with van der Waals surface area (Å²) < 4.78 is 5.20. The van der Waals surface area contributed by atoms with E-state index < -0.39 is 0 Å². The lowest BCUT2D eigenvalue weighted by Gasteiger charge is -2.25. The molecule has 0 amide bonds. The lowest BCUT2D eigenvalue weighted by atomic mass is 10.2. The van der Waals surface area contributed by atoms with Crippen LogP contribution in [0.3, 0.4) is 0 Å². The Morgan fingerprint density at radius 1 is 1.56 bits per heavy atom. The normalized spacial score (nSPS) is 20.1. The standard InChI is InChI=1S/C12H18N2O2/c1-16-12-7-9(4-5-11(12)13)14-6-2-3-10(14)8-15/h4-5,7,10,15H,2-3,6,8,13H2,1H3/t10-/m1/s1. The molecular formula is C12H18N2O2. The second-order valence-corrected chi connectivity index (χ2v) is 4.10. The summed E-state index contributed by atoms with van der Waals surface area (Å²) in [4.78, 5) is 2.21. The van der Waals surface area contributed by atoms with Crippen molar-refractivity contribution in [3.63, 3.8) is 0 Å². The van der Waals surface area contributed by atoms with E-state index in [1.54, 1.807) is 7.11 Å². The van der Waals surface area contributed by atoms with E-state index in [1.807, 2.05) is 18.2 Å². The molecule has 1 aliphatic heterocycles. The number of aliphatic hydroxyl groups excluding tert-OH is 1. The van der Waals surface area contributed by atoms with E-state index in [-0.39, 0.29) is 12.6 Å². The lowest BCUT2D eigenvalue weighted by Crippen LogP contribution is -2.31. The SMILES string of the molecule is COc1cc(N2CCC[C@@H]2CO)ccc1N. The third-order valence-electron chi connectivity index (χ3n) is 3.14. The van der Waals surface area contributed by atoms with E-state index in [9.17, 15) is 5.11 Å². The largest absolute Gasteiger partial charge is 0.495 e. The lowest BCUT2D eigenvalue weighted by molar-refractivity contribution is 0.266. The fourth-order valence-electron chi connectivity index (χ4n) is 2.24. The molecule has 1 heterocycles. The molecule has 0 unspecified atom stereocenters. The summed E-state index contributed by atoms with van der Waals surface area (Å²) in [6, 6.07) is 5.99. The van der Waals surface area contributed by atoms with Crippen LogP contribution in [0.25, 0.3) is 0 Å². The molecule has 16 heavy (non-hydrogen) atoms. The van der Waals surface area contributed by atoms with Crippen LogP contribution in [-0.4, -0.2) is 31.4 Å². The van der Waals surface area contributed by atoms with E-state index in [0.717, 1.165) is 25.1 Å². The van der Waals surface area contributed by atoms with Crippen LogP contribution >= 0.6 is 0 Å². The fourth-order valence-corrected chi connectivity index (χ4v) is 2.24. The maximum atomic E-state index is 9.28. The van der Waals surface area contributed by atoms with Gasteiger partial charge in [0.15, 0.2) is 0 Å². The van der Waals surface area contributed by atoms with Gasteiger partial charge in [-0.15, -0.1) is 0 Å². The molecular weight excluding hydrogens is 204 g/mol. The zero-order valence-corrected chi connectivity index (χ0v) is 9.52. The zero-order chi connectivity index (χ0) is 11.5. The number of methoxy groups -OCH3 is 1. The topological polar surface area (TPSA) is 58.7 Å². The molecule has 0 radical (unpaired) electrons. The smallest absolute Gasteiger partial charge is 0.143 e. The van der Waals surface area contributed by atoms with Gasteiger partial charge in [-0.2, -0.15) is 0 Å². The minimum absolute atomic E-state index is 0.201. The number of anilines is 2. The molecule has 88 valence electrons. The van der Waals surface area contributed by atoms with Gasteiger partial charge >= 0.3 is 0 Å². The maximum Gasteiger partial charge on any atom is 0.143 e. The monoisotopic (exact) mass is 222 g/mol. The van der Waals surface area contributed by atoms with Gasteiger partial charge in [-0.25, -0.2) is 0 Å². The fraction of sp³-hybridized carbons (Fsp3) is 0.500. The summed E-state index contributed by atoms with van der Waals surface area (Å²) in [5.74, 6) is 0.695. The second kappa shape index (κ2) is 4.61. The van der Waals surface area contributed by atoms with Gasteiger partial charge in [-0.3, -0.25) is 0 Å². The number of hydrogen-bond acceptors (Lipinski definition) is 4. The van der Waals surface area contributed by atoms with Crippen LogP contribution in [0.5, 0.6) is 5.75 Å². The summed E-state index contributed by atoms with van der Waals surface area (Å²) in [5.41, 5.74) is 7.49. The Labute approximate surface area is 95.6 Å². The summed E-state index contributed by atoms with van der Waals surface area (Å²) in [7, 11) is 1.61. The van der Waals surface area contributed by atoms with Crippen molar-refractivity contribution in [2.75, 3.05) is 30.9 Å². The van der Waals surface area contributed by atoms with Crippen LogP contribution in [-0.2, 0) is 0 Å². The first-order valence-electron chi connectivity index (χ1n) is 5.57. The molecule has 1 saturated heterocycles. The van der Waals surface area contributed by atoms with E-state index in [0.29, 0.717) is 11.4 Å². The number of hydrogen-bond donors (Lipinski definition) is 2. The summed E-state index contributed by atoms with van der Waals surface area (Å²) >= 11 is 0. The average molecular weight is 222 g/mol. The van der Waals surface area contributed by atoms with Crippen molar-refractivity contribution in [3.8, 4) is 5.75 Å². The zero-order valence-electron chi connectivity index (χ0n) is 9.52. The van der Waals surface area contributed by atoms with E-state index in [1.165, 1.54) is 0 Å².